The molecule has 3 rings (SSSR count). The normalized spacial score (nSPS) is 10.3. The van der Waals surface area contributed by atoms with Crippen LogP contribution in [0.2, 0.25) is 0 Å². The van der Waals surface area contributed by atoms with Gasteiger partial charge in [0, 0.05) is 24.0 Å². The number of rotatable bonds is 5. The van der Waals surface area contributed by atoms with Crippen LogP contribution in [-0.4, -0.2) is 19.8 Å². The number of nitrogens with one attached hydrogen (secondary N) is 2. The predicted molar refractivity (Wildman–Crippen MR) is 101 cm³/mol. The average Bonchev–Trinajstić information content (AvgIpc) is 3.04. The van der Waals surface area contributed by atoms with E-state index in [1.807, 2.05) is 0 Å². The summed E-state index contributed by atoms with van der Waals surface area (Å²) in [6.07, 6.45) is 3.39. The van der Waals surface area contributed by atoms with Crippen LogP contribution in [0.3, 0.4) is 0 Å². The molecule has 0 aliphatic rings. The van der Waals surface area contributed by atoms with E-state index in [0.29, 0.717) is 23.0 Å². The highest BCUT2D eigenvalue weighted by Gasteiger charge is 2.06. The Balaban J connectivity index is 1.57. The molecule has 0 atom stereocenters. The summed E-state index contributed by atoms with van der Waals surface area (Å²) < 4.78 is 14.6. The van der Waals surface area contributed by atoms with Crippen LogP contribution in [0.1, 0.15) is 5.56 Å². The summed E-state index contributed by atoms with van der Waals surface area (Å²) in [5.41, 5.74) is 2.25. The molecule has 0 unspecified atom stereocenters. The lowest BCUT2D eigenvalue weighted by atomic mass is 10.2. The molecule has 9 heteroatoms. The van der Waals surface area contributed by atoms with Gasteiger partial charge in [0.25, 0.3) is 5.69 Å². The summed E-state index contributed by atoms with van der Waals surface area (Å²) in [5, 5.41) is 21.1. The Kier molecular flexibility index (Phi) is 5.18. The van der Waals surface area contributed by atoms with Crippen LogP contribution in [0.25, 0.3) is 0 Å². The van der Waals surface area contributed by atoms with Crippen LogP contribution in [0.4, 0.5) is 21.5 Å². The van der Waals surface area contributed by atoms with E-state index >= 15 is 0 Å². The van der Waals surface area contributed by atoms with Gasteiger partial charge in [-0.15, -0.1) is 0 Å². The highest BCUT2D eigenvalue weighted by molar-refractivity contribution is 7.80. The minimum absolute atomic E-state index is 0.0106. The summed E-state index contributed by atoms with van der Waals surface area (Å²) in [6, 6.07) is 12.1. The lowest BCUT2D eigenvalue weighted by Gasteiger charge is -2.08. The number of halogens is 1. The Bertz CT molecular complexity index is 925. The molecule has 2 aromatic carbocycles. The molecule has 2 N–H and O–H groups in total. The van der Waals surface area contributed by atoms with Crippen LogP contribution in [0.5, 0.6) is 0 Å². The van der Waals surface area contributed by atoms with Crippen molar-refractivity contribution < 1.29 is 9.31 Å². The smallest absolute Gasteiger partial charge is 0.269 e. The Labute approximate surface area is 153 Å². The molecule has 0 radical (unpaired) electrons. The highest BCUT2D eigenvalue weighted by Crippen LogP contribution is 2.16. The fraction of sp³-hybridized carbons (Fsp3) is 0.0588. The Hall–Kier alpha value is -3.33. The SMILES string of the molecule is O=[N+]([O-])c1ccc(NC(=S)Nc2cnn(Cc3ccc(F)cc3)c2)cc1. The largest absolute Gasteiger partial charge is 0.332 e. The molecule has 0 fully saturated rings. The van der Waals surface area contributed by atoms with Crippen LogP contribution < -0.4 is 10.6 Å². The number of nitro groups is 1. The fourth-order valence-electron chi connectivity index (χ4n) is 2.25. The quantitative estimate of drug-likeness (QED) is 0.403. The van der Waals surface area contributed by atoms with Crippen molar-refractivity contribution >= 4 is 34.4 Å². The number of aromatic nitrogens is 2. The van der Waals surface area contributed by atoms with Crippen molar-refractivity contribution in [3.05, 3.63) is 82.4 Å². The van der Waals surface area contributed by atoms with Crippen molar-refractivity contribution in [1.82, 2.24) is 9.78 Å². The summed E-state index contributed by atoms with van der Waals surface area (Å²) in [7, 11) is 0. The third-order valence-electron chi connectivity index (χ3n) is 3.48. The zero-order valence-corrected chi connectivity index (χ0v) is 14.2. The van der Waals surface area contributed by atoms with Gasteiger partial charge in [0.05, 0.1) is 23.4 Å². The van der Waals surface area contributed by atoms with Gasteiger partial charge in [-0.25, -0.2) is 4.39 Å². The Morgan fingerprint density at radius 1 is 1.12 bits per heavy atom. The van der Waals surface area contributed by atoms with Gasteiger partial charge in [0.15, 0.2) is 5.11 Å². The number of nitro benzene ring substituents is 1. The molecule has 1 aromatic heterocycles. The monoisotopic (exact) mass is 371 g/mol. The van der Waals surface area contributed by atoms with Gasteiger partial charge in [-0.2, -0.15) is 5.10 Å². The molecular weight excluding hydrogens is 357 g/mol. The molecule has 0 spiro atoms. The van der Waals surface area contributed by atoms with Gasteiger partial charge in [0.1, 0.15) is 5.82 Å². The minimum Gasteiger partial charge on any atom is -0.332 e. The highest BCUT2D eigenvalue weighted by atomic mass is 32.1. The maximum Gasteiger partial charge on any atom is 0.269 e. The topological polar surface area (TPSA) is 85.0 Å². The van der Waals surface area contributed by atoms with Gasteiger partial charge in [0.2, 0.25) is 0 Å². The van der Waals surface area contributed by atoms with Crippen molar-refractivity contribution in [3.63, 3.8) is 0 Å². The summed E-state index contributed by atoms with van der Waals surface area (Å²) in [4.78, 5) is 10.2. The third-order valence-corrected chi connectivity index (χ3v) is 3.69. The summed E-state index contributed by atoms with van der Waals surface area (Å²) in [5.74, 6) is -0.278. The van der Waals surface area contributed by atoms with Gasteiger partial charge in [-0.05, 0) is 42.0 Å². The lowest BCUT2D eigenvalue weighted by molar-refractivity contribution is -0.384. The molecule has 0 saturated carbocycles. The van der Waals surface area contributed by atoms with E-state index in [-0.39, 0.29) is 11.5 Å². The van der Waals surface area contributed by atoms with Crippen LogP contribution in [0.15, 0.2) is 60.9 Å². The van der Waals surface area contributed by atoms with Gasteiger partial charge in [-0.3, -0.25) is 14.8 Å². The molecule has 7 nitrogen and oxygen atoms in total. The third kappa shape index (κ3) is 4.61. The number of hydrogen-bond donors (Lipinski definition) is 2. The molecule has 26 heavy (non-hydrogen) atoms. The van der Waals surface area contributed by atoms with Gasteiger partial charge >= 0.3 is 0 Å². The van der Waals surface area contributed by atoms with Crippen molar-refractivity contribution in [2.45, 2.75) is 6.54 Å². The molecule has 0 bridgehead atoms. The molecule has 0 saturated heterocycles. The van der Waals surface area contributed by atoms with Gasteiger partial charge in [-0.1, -0.05) is 12.1 Å². The Morgan fingerprint density at radius 3 is 2.42 bits per heavy atom. The minimum atomic E-state index is -0.462. The van der Waals surface area contributed by atoms with Gasteiger partial charge < -0.3 is 10.6 Å². The maximum atomic E-state index is 12.9. The first kappa shape index (κ1) is 17.5. The standard InChI is InChI=1S/C17H14FN5O2S/c18-13-3-1-12(2-4-13)10-22-11-15(9-19-22)21-17(26)20-14-5-7-16(8-6-14)23(24)25/h1-9,11H,10H2,(H2,20,21,26). The first-order valence-corrected chi connectivity index (χ1v) is 8.00. The maximum absolute atomic E-state index is 12.9. The van der Waals surface area contributed by atoms with Crippen molar-refractivity contribution in [2.24, 2.45) is 0 Å². The van der Waals surface area contributed by atoms with E-state index in [9.17, 15) is 14.5 Å². The first-order chi connectivity index (χ1) is 12.5. The average molecular weight is 371 g/mol. The van der Waals surface area contributed by atoms with E-state index in [2.05, 4.69) is 15.7 Å². The van der Waals surface area contributed by atoms with E-state index in [0.717, 1.165) is 5.56 Å². The van der Waals surface area contributed by atoms with Crippen LogP contribution in [0, 0.1) is 15.9 Å². The number of anilines is 2. The summed E-state index contributed by atoms with van der Waals surface area (Å²) >= 11 is 5.22. The molecule has 0 aliphatic carbocycles. The van der Waals surface area contributed by atoms with Crippen molar-refractivity contribution in [1.29, 1.82) is 0 Å². The van der Waals surface area contributed by atoms with E-state index in [1.54, 1.807) is 41.3 Å². The molecule has 3 aromatic rings. The number of nitrogens with zero attached hydrogens (tertiary/aromatic N) is 3. The molecular formula is C17H14FN5O2S. The van der Waals surface area contributed by atoms with Crippen LogP contribution in [-0.2, 0) is 6.54 Å². The number of non-ortho nitro benzene ring substituents is 1. The molecule has 132 valence electrons. The molecule has 0 amide bonds. The van der Waals surface area contributed by atoms with Crippen LogP contribution >= 0.6 is 12.2 Å². The Morgan fingerprint density at radius 2 is 1.77 bits per heavy atom. The molecule has 0 aliphatic heterocycles. The van der Waals surface area contributed by atoms with E-state index in [1.165, 1.54) is 24.3 Å². The lowest BCUT2D eigenvalue weighted by Crippen LogP contribution is -2.18. The second-order valence-corrected chi connectivity index (χ2v) is 5.84. The number of thiocarbonyl (C=S) groups is 1. The van der Waals surface area contributed by atoms with E-state index < -0.39 is 4.92 Å². The van der Waals surface area contributed by atoms with E-state index in [4.69, 9.17) is 12.2 Å². The zero-order valence-electron chi connectivity index (χ0n) is 13.4. The predicted octanol–water partition coefficient (Wildman–Crippen LogP) is 3.79. The van der Waals surface area contributed by atoms with Crippen molar-refractivity contribution in [3.8, 4) is 0 Å². The fourth-order valence-corrected chi connectivity index (χ4v) is 2.49. The number of benzene rings is 2. The summed E-state index contributed by atoms with van der Waals surface area (Å²) in [6.45, 7) is 0.504. The first-order valence-electron chi connectivity index (χ1n) is 7.59. The zero-order chi connectivity index (χ0) is 18.5. The second kappa shape index (κ2) is 7.70. The molecule has 1 heterocycles. The second-order valence-electron chi connectivity index (χ2n) is 5.44. The van der Waals surface area contributed by atoms with Crippen molar-refractivity contribution in [2.75, 3.05) is 10.6 Å². The number of hydrogen-bond acceptors (Lipinski definition) is 4.